The molecule has 2 aromatic carbocycles. The first kappa shape index (κ1) is 26.3. The predicted molar refractivity (Wildman–Crippen MR) is 151 cm³/mol. The van der Waals surface area contributed by atoms with Crippen molar-refractivity contribution in [3.8, 4) is 17.2 Å². The number of tetrazole rings is 1. The summed E-state index contributed by atoms with van der Waals surface area (Å²) >= 11 is 0. The molecule has 6 rings (SSSR count). The maximum Gasteiger partial charge on any atom is 0.252 e. The van der Waals surface area contributed by atoms with Crippen LogP contribution >= 0.6 is 0 Å². The summed E-state index contributed by atoms with van der Waals surface area (Å²) in [6.45, 7) is 3.43. The highest BCUT2D eigenvalue weighted by molar-refractivity contribution is 5.83. The zero-order valence-corrected chi connectivity index (χ0v) is 23.1. The largest absolute Gasteiger partial charge is 0.497 e. The topological polar surface area (TPSA) is 107 Å². The maximum absolute atomic E-state index is 13.4. The zero-order chi connectivity index (χ0) is 27.5. The van der Waals surface area contributed by atoms with Gasteiger partial charge in [0.25, 0.3) is 5.56 Å². The fourth-order valence-electron chi connectivity index (χ4n) is 5.97. The van der Waals surface area contributed by atoms with Crippen LogP contribution in [0.1, 0.15) is 80.9 Å². The monoisotopic (exact) mass is 544 g/mol. The molecule has 0 saturated heterocycles. The molecule has 1 saturated carbocycles. The fraction of sp³-hybridized carbons (Fsp3) is 0.467. The Balaban J connectivity index is 1.38. The van der Waals surface area contributed by atoms with E-state index in [9.17, 15) is 4.79 Å². The van der Waals surface area contributed by atoms with Crippen LogP contribution in [0.4, 0.5) is 0 Å². The quantitative estimate of drug-likeness (QED) is 0.287. The molecule has 0 bridgehead atoms. The van der Waals surface area contributed by atoms with E-state index in [4.69, 9.17) is 14.2 Å². The molecule has 4 aromatic rings. The van der Waals surface area contributed by atoms with Crippen molar-refractivity contribution >= 4 is 10.9 Å². The molecule has 1 N–H and O–H groups in total. The normalized spacial score (nSPS) is 16.1. The number of aromatic amines is 1. The Hall–Kier alpha value is -3.92. The van der Waals surface area contributed by atoms with E-state index in [1.165, 1.54) is 19.3 Å². The van der Waals surface area contributed by atoms with Crippen molar-refractivity contribution in [3.05, 3.63) is 69.8 Å². The molecule has 2 aromatic heterocycles. The van der Waals surface area contributed by atoms with Crippen LogP contribution in [0, 0.1) is 0 Å². The Morgan fingerprint density at radius 1 is 1.07 bits per heavy atom. The highest BCUT2D eigenvalue weighted by Crippen LogP contribution is 2.36. The third-order valence-electron chi connectivity index (χ3n) is 8.07. The molecule has 1 atom stereocenters. The second kappa shape index (κ2) is 11.7. The average molecular weight is 545 g/mol. The molecule has 0 radical (unpaired) electrons. The van der Waals surface area contributed by atoms with Crippen molar-refractivity contribution < 1.29 is 14.2 Å². The molecule has 10 heteroatoms. The van der Waals surface area contributed by atoms with E-state index in [0.29, 0.717) is 36.2 Å². The second-order valence-corrected chi connectivity index (χ2v) is 10.7. The van der Waals surface area contributed by atoms with Crippen molar-refractivity contribution in [3.63, 3.8) is 0 Å². The smallest absolute Gasteiger partial charge is 0.252 e. The summed E-state index contributed by atoms with van der Waals surface area (Å²) in [4.78, 5) is 18.8. The molecule has 1 aliphatic carbocycles. The molecule has 0 unspecified atom stereocenters. The Kier molecular flexibility index (Phi) is 7.68. The van der Waals surface area contributed by atoms with Crippen LogP contribution in [-0.2, 0) is 13.1 Å². The van der Waals surface area contributed by atoms with Crippen LogP contribution in [0.25, 0.3) is 10.9 Å². The Morgan fingerprint density at radius 2 is 1.85 bits per heavy atom. The Morgan fingerprint density at radius 3 is 2.60 bits per heavy atom. The number of nitrogens with one attached hydrogen (secondary N) is 1. The minimum Gasteiger partial charge on any atom is -0.497 e. The molecule has 40 heavy (non-hydrogen) atoms. The summed E-state index contributed by atoms with van der Waals surface area (Å²) in [5.74, 6) is 3.03. The number of fused-ring (bicyclic) bond motifs is 2. The third kappa shape index (κ3) is 5.40. The summed E-state index contributed by atoms with van der Waals surface area (Å²) in [6, 6.07) is 14.1. The molecule has 1 aliphatic heterocycles. The van der Waals surface area contributed by atoms with E-state index < -0.39 is 0 Å². The van der Waals surface area contributed by atoms with Crippen molar-refractivity contribution in [2.75, 3.05) is 13.9 Å². The van der Waals surface area contributed by atoms with Gasteiger partial charge in [-0.2, -0.15) is 0 Å². The number of methoxy groups -OCH3 is 1. The average Bonchev–Trinajstić information content (AvgIpc) is 3.65. The van der Waals surface area contributed by atoms with E-state index in [-0.39, 0.29) is 18.4 Å². The lowest BCUT2D eigenvalue weighted by atomic mass is 9.95. The van der Waals surface area contributed by atoms with Gasteiger partial charge in [0.15, 0.2) is 17.3 Å². The zero-order valence-electron chi connectivity index (χ0n) is 23.1. The van der Waals surface area contributed by atoms with Crippen molar-refractivity contribution in [1.82, 2.24) is 30.1 Å². The first-order valence-corrected chi connectivity index (χ1v) is 14.2. The van der Waals surface area contributed by atoms with Crippen LogP contribution < -0.4 is 19.8 Å². The van der Waals surface area contributed by atoms with Crippen LogP contribution in [0.3, 0.4) is 0 Å². The number of rotatable bonds is 10. The van der Waals surface area contributed by atoms with Gasteiger partial charge in [-0.1, -0.05) is 44.7 Å². The number of hydrogen-bond donors (Lipinski definition) is 1. The molecule has 0 amide bonds. The van der Waals surface area contributed by atoms with Crippen LogP contribution in [0.2, 0.25) is 0 Å². The second-order valence-electron chi connectivity index (χ2n) is 10.7. The first-order valence-electron chi connectivity index (χ1n) is 14.2. The van der Waals surface area contributed by atoms with E-state index in [0.717, 1.165) is 53.7 Å². The molecule has 2 aliphatic rings. The van der Waals surface area contributed by atoms with E-state index in [2.05, 4.69) is 49.1 Å². The van der Waals surface area contributed by atoms with Gasteiger partial charge in [0.1, 0.15) is 5.75 Å². The molecular formula is C30H36N6O4. The molecule has 3 heterocycles. The highest BCUT2D eigenvalue weighted by Gasteiger charge is 2.30. The summed E-state index contributed by atoms with van der Waals surface area (Å²) in [7, 11) is 1.67. The minimum atomic E-state index is -0.117. The standard InChI is InChI=1S/C30H36N6O4/c1-3-7-26(29-32-33-34-36(29)23-8-5-4-6-9-23)35(17-20-10-12-24(38-2)13-11-20)18-22-14-21-15-27-28(40-19-39-27)16-25(21)31-30(22)37/h10-16,23,26H,3-9,17-19H2,1-2H3,(H,31,37)/t26-/m1/s1. The Labute approximate surface area is 233 Å². The Bertz CT molecular complexity index is 1510. The van der Waals surface area contributed by atoms with Gasteiger partial charge >= 0.3 is 0 Å². The van der Waals surface area contributed by atoms with Gasteiger partial charge in [-0.05, 0) is 59.5 Å². The van der Waals surface area contributed by atoms with Gasteiger partial charge in [0.05, 0.1) is 24.7 Å². The van der Waals surface area contributed by atoms with Crippen LogP contribution in [0.5, 0.6) is 17.2 Å². The number of H-pyrrole nitrogens is 1. The SMILES string of the molecule is CCC[C@H](c1nnnn1C1CCCCC1)N(Cc1ccc(OC)cc1)Cc1cc2cc3c(cc2[nH]c1=O)OCO3. The minimum absolute atomic E-state index is 0.0594. The number of benzene rings is 2. The molecular weight excluding hydrogens is 508 g/mol. The van der Waals surface area contributed by atoms with Crippen molar-refractivity contribution in [2.24, 2.45) is 0 Å². The number of ether oxygens (including phenoxy) is 3. The number of hydrogen-bond acceptors (Lipinski definition) is 8. The summed E-state index contributed by atoms with van der Waals surface area (Å²) in [5, 5.41) is 14.1. The van der Waals surface area contributed by atoms with Crippen LogP contribution in [-0.4, -0.2) is 44.0 Å². The first-order chi connectivity index (χ1) is 19.6. The van der Waals surface area contributed by atoms with Gasteiger partial charge in [0.2, 0.25) is 6.79 Å². The maximum atomic E-state index is 13.4. The summed E-state index contributed by atoms with van der Waals surface area (Å²) < 4.78 is 18.5. The van der Waals surface area contributed by atoms with Gasteiger partial charge in [-0.25, -0.2) is 4.68 Å². The van der Waals surface area contributed by atoms with E-state index >= 15 is 0 Å². The lowest BCUT2D eigenvalue weighted by Gasteiger charge is -2.32. The van der Waals surface area contributed by atoms with Gasteiger partial charge < -0.3 is 19.2 Å². The number of pyridine rings is 1. The van der Waals surface area contributed by atoms with Gasteiger partial charge in [0, 0.05) is 30.1 Å². The summed E-state index contributed by atoms with van der Waals surface area (Å²) in [6.07, 6.45) is 7.67. The van der Waals surface area contributed by atoms with Gasteiger partial charge in [-0.3, -0.25) is 9.69 Å². The van der Waals surface area contributed by atoms with E-state index in [1.54, 1.807) is 7.11 Å². The fourth-order valence-corrected chi connectivity index (χ4v) is 5.97. The van der Waals surface area contributed by atoms with Crippen LogP contribution in [0.15, 0.2) is 47.3 Å². The molecule has 0 spiro atoms. The predicted octanol–water partition coefficient (Wildman–Crippen LogP) is 5.30. The lowest BCUT2D eigenvalue weighted by Crippen LogP contribution is -2.33. The number of aromatic nitrogens is 5. The molecule has 210 valence electrons. The molecule has 1 fully saturated rings. The summed E-state index contributed by atoms with van der Waals surface area (Å²) in [5.41, 5.74) is 2.41. The number of nitrogens with zero attached hydrogens (tertiary/aromatic N) is 5. The molecule has 10 nitrogen and oxygen atoms in total. The van der Waals surface area contributed by atoms with Gasteiger partial charge in [-0.15, -0.1) is 5.10 Å². The van der Waals surface area contributed by atoms with Crippen molar-refractivity contribution in [1.29, 1.82) is 0 Å². The lowest BCUT2D eigenvalue weighted by molar-refractivity contribution is 0.150. The van der Waals surface area contributed by atoms with E-state index in [1.807, 2.05) is 30.3 Å². The third-order valence-corrected chi connectivity index (χ3v) is 8.07. The highest BCUT2D eigenvalue weighted by atomic mass is 16.7. The van der Waals surface area contributed by atoms with Crippen molar-refractivity contribution in [2.45, 2.75) is 77.0 Å².